The fourth-order valence-corrected chi connectivity index (χ4v) is 10.0. The average Bonchev–Trinajstić information content (AvgIpc) is 4.13. The lowest BCUT2D eigenvalue weighted by Gasteiger charge is -2.42. The number of rotatable bonds is 12. The summed E-state index contributed by atoms with van der Waals surface area (Å²) in [6, 6.07) is 2.59. The third-order valence-corrected chi connectivity index (χ3v) is 14.3. The van der Waals surface area contributed by atoms with Gasteiger partial charge in [-0.3, -0.25) is 9.69 Å². The number of carbonyl (C=O) groups is 1. The van der Waals surface area contributed by atoms with Crippen LogP contribution in [0.2, 0.25) is 0 Å². The first kappa shape index (κ1) is 42.0. The monoisotopic (exact) mass is 745 g/mol. The van der Waals surface area contributed by atoms with Crippen molar-refractivity contribution < 1.29 is 24.5 Å². The first-order chi connectivity index (χ1) is 25.9. The van der Waals surface area contributed by atoms with Crippen molar-refractivity contribution in [2.75, 3.05) is 52.6 Å². The number of nitrogens with two attached hydrogens (primary N) is 1. The van der Waals surface area contributed by atoms with Gasteiger partial charge in [0.25, 0.3) is 0 Å². The zero-order chi connectivity index (χ0) is 36.8. The van der Waals surface area contributed by atoms with E-state index in [2.05, 4.69) is 15.1 Å². The highest BCUT2D eigenvalue weighted by Gasteiger charge is 2.32. The van der Waals surface area contributed by atoms with Gasteiger partial charge >= 0.3 is 0 Å². The lowest BCUT2D eigenvalue weighted by Crippen LogP contribution is -2.52. The number of ketones is 1. The fourth-order valence-electron chi connectivity index (χ4n) is 10.0. The van der Waals surface area contributed by atoms with Crippen LogP contribution in [0.15, 0.2) is 0 Å². The van der Waals surface area contributed by atoms with Gasteiger partial charge in [-0.15, -0.1) is 0 Å². The summed E-state index contributed by atoms with van der Waals surface area (Å²) in [7, 11) is 0. The lowest BCUT2D eigenvalue weighted by molar-refractivity contribution is -0.122. The molecule has 6 saturated carbocycles. The van der Waals surface area contributed by atoms with E-state index >= 15 is 0 Å². The van der Waals surface area contributed by atoms with E-state index in [1.807, 2.05) is 0 Å². The molecule has 8 rings (SSSR count). The normalized spacial score (nSPS) is 36.5. The molecule has 9 heteroatoms. The van der Waals surface area contributed by atoms with Crippen molar-refractivity contribution in [3.05, 3.63) is 0 Å². The second-order valence-corrected chi connectivity index (χ2v) is 18.8. The number of Topliss-reactive ketones (excluding diaryl/α,β-unsaturated/α-hetero) is 1. The smallest absolute Gasteiger partial charge is 0.135 e. The maximum Gasteiger partial charge on any atom is 0.135 e. The summed E-state index contributed by atoms with van der Waals surface area (Å²) < 4.78 is 11.8. The number of likely N-dealkylation sites (tertiary alicyclic amines) is 2. The maximum atomic E-state index is 11.3. The number of piperidine rings is 2. The first-order valence-electron chi connectivity index (χ1n) is 22.9. The minimum atomic E-state index is -0.219. The molecule has 306 valence electrons. The molecule has 6 aliphatic carbocycles. The summed E-state index contributed by atoms with van der Waals surface area (Å²) in [4.78, 5) is 16.6. The largest absolute Gasteiger partial charge is 0.392 e. The Hall–Kier alpha value is -0.650. The highest BCUT2D eigenvalue weighted by molar-refractivity contribution is 5.79. The second-order valence-electron chi connectivity index (χ2n) is 18.8. The van der Waals surface area contributed by atoms with Gasteiger partial charge in [0.05, 0.1) is 12.2 Å². The van der Waals surface area contributed by atoms with Crippen LogP contribution in [0.1, 0.15) is 154 Å². The molecule has 0 aromatic rings. The van der Waals surface area contributed by atoms with Gasteiger partial charge in [-0.25, -0.2) is 0 Å². The lowest BCUT2D eigenvalue weighted by atomic mass is 9.84. The molecule has 8 fully saturated rings. The molecule has 5 N–H and O–H groups in total. The van der Waals surface area contributed by atoms with Gasteiger partial charge in [0.2, 0.25) is 0 Å². The number of hydrogen-bond acceptors (Lipinski definition) is 9. The Morgan fingerprint density at radius 2 is 0.943 bits per heavy atom. The van der Waals surface area contributed by atoms with Crippen molar-refractivity contribution in [1.82, 2.24) is 15.1 Å². The van der Waals surface area contributed by atoms with E-state index in [-0.39, 0.29) is 18.2 Å². The SMILES string of the molecule is N[C@@H]1CCCC[C@H]1O.O=C1CCN(C2CCC(COCC3CC3)CC2)CC1.O[C@@H]1CCCC[C@H]1NC1CCN(C2CCC(COCC3CC3)CC2)CC1. The van der Waals surface area contributed by atoms with Gasteiger partial charge < -0.3 is 35.6 Å². The van der Waals surface area contributed by atoms with Gasteiger partial charge in [0.15, 0.2) is 0 Å². The molecule has 0 amide bonds. The number of aliphatic hydroxyl groups excluding tert-OH is 2. The Morgan fingerprint density at radius 3 is 1.36 bits per heavy atom. The zero-order valence-corrected chi connectivity index (χ0v) is 33.6. The third-order valence-electron chi connectivity index (χ3n) is 14.3. The molecule has 53 heavy (non-hydrogen) atoms. The van der Waals surface area contributed by atoms with Crippen LogP contribution < -0.4 is 11.1 Å². The van der Waals surface area contributed by atoms with Crippen molar-refractivity contribution in [1.29, 1.82) is 0 Å². The summed E-state index contributed by atoms with van der Waals surface area (Å²) in [6.07, 6.45) is 28.9. The number of nitrogens with zero attached hydrogens (tertiary/aromatic N) is 2. The Bertz CT molecular complexity index is 999. The minimum absolute atomic E-state index is 0.0590. The van der Waals surface area contributed by atoms with Crippen molar-refractivity contribution in [2.45, 2.75) is 197 Å². The van der Waals surface area contributed by atoms with Crippen molar-refractivity contribution in [3.8, 4) is 0 Å². The van der Waals surface area contributed by atoms with E-state index in [1.54, 1.807) is 0 Å². The predicted molar refractivity (Wildman–Crippen MR) is 213 cm³/mol. The van der Waals surface area contributed by atoms with Crippen molar-refractivity contribution in [3.63, 3.8) is 0 Å². The number of nitrogens with one attached hydrogen (secondary N) is 1. The highest BCUT2D eigenvalue weighted by atomic mass is 16.5. The van der Waals surface area contributed by atoms with Crippen LogP contribution in [-0.4, -0.2) is 121 Å². The average molecular weight is 745 g/mol. The van der Waals surface area contributed by atoms with Gasteiger partial charge in [0.1, 0.15) is 5.78 Å². The fraction of sp³-hybridized carbons (Fsp3) is 0.977. The second kappa shape index (κ2) is 22.3. The van der Waals surface area contributed by atoms with Gasteiger partial charge in [-0.05, 0) is 152 Å². The van der Waals surface area contributed by atoms with E-state index in [0.29, 0.717) is 17.9 Å². The molecular formula is C44H80N4O5. The summed E-state index contributed by atoms with van der Waals surface area (Å²) in [5.41, 5.74) is 5.53. The van der Waals surface area contributed by atoms with Crippen LogP contribution in [0.25, 0.3) is 0 Å². The minimum Gasteiger partial charge on any atom is -0.392 e. The molecule has 9 nitrogen and oxygen atoms in total. The molecule has 0 spiro atoms. The van der Waals surface area contributed by atoms with E-state index in [0.717, 1.165) is 120 Å². The predicted octanol–water partition coefficient (Wildman–Crippen LogP) is 6.21. The Kier molecular flexibility index (Phi) is 17.7. The Balaban J connectivity index is 0.000000155. The summed E-state index contributed by atoms with van der Waals surface area (Å²) >= 11 is 0. The van der Waals surface area contributed by atoms with Crippen LogP contribution in [-0.2, 0) is 14.3 Å². The van der Waals surface area contributed by atoms with Gasteiger partial charge in [0, 0.05) is 82.6 Å². The Labute approximate surface area is 323 Å². The highest BCUT2D eigenvalue weighted by Crippen LogP contribution is 2.33. The quantitative estimate of drug-likeness (QED) is 0.185. The van der Waals surface area contributed by atoms with Crippen LogP contribution in [0.4, 0.5) is 0 Å². The third kappa shape index (κ3) is 15.0. The first-order valence-corrected chi connectivity index (χ1v) is 22.9. The van der Waals surface area contributed by atoms with Crippen LogP contribution in [0, 0.1) is 23.7 Å². The van der Waals surface area contributed by atoms with E-state index in [9.17, 15) is 9.90 Å². The Morgan fingerprint density at radius 1 is 0.528 bits per heavy atom. The standard InChI is InChI=1S/C22H40N2O2.C16H27NO2.C6H13NO/c25-22-4-2-1-3-21(22)23-19-11-13-24(14-12-19)20-9-7-18(8-10-20)16-26-15-17-5-6-17;18-16-7-9-17(10-8-16)15-5-3-14(4-6-15)12-19-11-13-1-2-13;7-5-3-1-2-4-6(5)8/h17-23,25H,1-16H2;13-15H,1-12H2;5-6,8H,1-4,7H2/t18?,20?,21-,22-;;5-,6-/m1.1/s1. The molecule has 2 heterocycles. The van der Waals surface area contributed by atoms with Crippen molar-refractivity contribution in [2.24, 2.45) is 29.4 Å². The molecule has 4 atom stereocenters. The molecule has 0 aromatic carbocycles. The van der Waals surface area contributed by atoms with E-state index < -0.39 is 0 Å². The summed E-state index contributed by atoms with van der Waals surface area (Å²) in [5, 5.41) is 23.0. The van der Waals surface area contributed by atoms with Crippen LogP contribution in [0.3, 0.4) is 0 Å². The molecular weight excluding hydrogens is 665 g/mol. The van der Waals surface area contributed by atoms with Crippen molar-refractivity contribution >= 4 is 5.78 Å². The molecule has 2 saturated heterocycles. The number of carbonyl (C=O) groups excluding carboxylic acids is 1. The number of aliphatic hydroxyl groups is 2. The molecule has 8 aliphatic rings. The number of ether oxygens (including phenoxy) is 2. The van der Waals surface area contributed by atoms with Crippen LogP contribution >= 0.6 is 0 Å². The van der Waals surface area contributed by atoms with Crippen LogP contribution in [0.5, 0.6) is 0 Å². The molecule has 0 radical (unpaired) electrons. The number of hydrogen-bond donors (Lipinski definition) is 4. The van der Waals surface area contributed by atoms with Gasteiger partial charge in [-0.1, -0.05) is 25.7 Å². The van der Waals surface area contributed by atoms with E-state index in [4.69, 9.17) is 20.3 Å². The summed E-state index contributed by atoms with van der Waals surface area (Å²) in [6.45, 7) is 8.53. The van der Waals surface area contributed by atoms with Gasteiger partial charge in [-0.2, -0.15) is 0 Å². The summed E-state index contributed by atoms with van der Waals surface area (Å²) in [5.74, 6) is 3.86. The molecule has 0 bridgehead atoms. The molecule has 0 unspecified atom stereocenters. The topological polar surface area (TPSA) is 121 Å². The maximum absolute atomic E-state index is 11.3. The van der Waals surface area contributed by atoms with E-state index in [1.165, 1.54) is 122 Å². The molecule has 0 aromatic heterocycles. The molecule has 2 aliphatic heterocycles. The zero-order valence-electron chi connectivity index (χ0n) is 33.6.